The molecule has 2 unspecified atom stereocenters. The van der Waals surface area contributed by atoms with Crippen LogP contribution in [0.2, 0.25) is 0 Å². The molecule has 1 amide bonds. The van der Waals surface area contributed by atoms with Gasteiger partial charge in [-0.15, -0.1) is 0 Å². The molecule has 28 heavy (non-hydrogen) atoms. The first-order valence-corrected chi connectivity index (χ1v) is 9.78. The lowest BCUT2D eigenvalue weighted by molar-refractivity contribution is -0.141. The monoisotopic (exact) mass is 393 g/mol. The van der Waals surface area contributed by atoms with Crippen LogP contribution in [-0.2, 0) is 25.6 Å². The van der Waals surface area contributed by atoms with E-state index in [1.165, 1.54) is 7.11 Å². The van der Waals surface area contributed by atoms with Gasteiger partial charge >= 0.3 is 12.1 Å². The fraction of sp³-hybridized carbons (Fsp3) is 0.636. The molecular formula is C22H35NO5. The highest BCUT2D eigenvalue weighted by Crippen LogP contribution is 2.21. The molecule has 1 rings (SSSR count). The molecule has 0 aromatic heterocycles. The summed E-state index contributed by atoms with van der Waals surface area (Å²) in [6.45, 7) is 10.7. The molecule has 6 nitrogen and oxygen atoms in total. The summed E-state index contributed by atoms with van der Waals surface area (Å²) < 4.78 is 16.0. The molecule has 0 saturated carbocycles. The molecule has 2 atom stereocenters. The summed E-state index contributed by atoms with van der Waals surface area (Å²) in [4.78, 5) is 24.0. The number of methoxy groups -OCH3 is 1. The van der Waals surface area contributed by atoms with Crippen molar-refractivity contribution in [2.45, 2.75) is 65.7 Å². The van der Waals surface area contributed by atoms with Gasteiger partial charge in [-0.25, -0.2) is 4.79 Å². The molecule has 0 saturated heterocycles. The Morgan fingerprint density at radius 3 is 2.29 bits per heavy atom. The fourth-order valence-corrected chi connectivity index (χ4v) is 2.75. The van der Waals surface area contributed by atoms with Gasteiger partial charge in [0.25, 0.3) is 0 Å². The van der Waals surface area contributed by atoms with E-state index in [4.69, 9.17) is 14.2 Å². The molecule has 0 heterocycles. The van der Waals surface area contributed by atoms with Crippen LogP contribution in [0.25, 0.3) is 0 Å². The van der Waals surface area contributed by atoms with Crippen LogP contribution in [0.5, 0.6) is 0 Å². The van der Waals surface area contributed by atoms with Crippen LogP contribution in [0, 0.1) is 11.8 Å². The predicted octanol–water partition coefficient (Wildman–Crippen LogP) is 4.32. The van der Waals surface area contributed by atoms with Crippen LogP contribution < -0.4 is 5.32 Å². The summed E-state index contributed by atoms with van der Waals surface area (Å²) in [5.74, 6) is 0.137. The van der Waals surface area contributed by atoms with E-state index >= 15 is 0 Å². The van der Waals surface area contributed by atoms with Crippen LogP contribution in [0.4, 0.5) is 4.79 Å². The van der Waals surface area contributed by atoms with Crippen molar-refractivity contribution in [1.82, 2.24) is 5.32 Å². The van der Waals surface area contributed by atoms with E-state index in [2.05, 4.69) is 19.2 Å². The maximum atomic E-state index is 12.2. The standard InChI is InChI=1S/C22H35NO5/c1-16(2)18(15-27-14-17-10-8-7-9-11-17)12-19(13-20(24)26-6)23-21(25)28-22(3,4)5/h7-11,16,18-19H,12-15H2,1-6H3,(H,23,25). The topological polar surface area (TPSA) is 73.9 Å². The molecule has 158 valence electrons. The van der Waals surface area contributed by atoms with E-state index in [9.17, 15) is 9.59 Å². The first kappa shape index (κ1) is 24.0. The van der Waals surface area contributed by atoms with Gasteiger partial charge in [0.2, 0.25) is 0 Å². The number of benzene rings is 1. The highest BCUT2D eigenvalue weighted by molar-refractivity contribution is 5.72. The Kier molecular flexibility index (Phi) is 10.0. The minimum Gasteiger partial charge on any atom is -0.469 e. The van der Waals surface area contributed by atoms with E-state index in [0.717, 1.165) is 5.56 Å². The number of amides is 1. The van der Waals surface area contributed by atoms with E-state index in [-0.39, 0.29) is 24.3 Å². The van der Waals surface area contributed by atoms with Crippen molar-refractivity contribution in [1.29, 1.82) is 0 Å². The highest BCUT2D eigenvalue weighted by atomic mass is 16.6. The van der Waals surface area contributed by atoms with Crippen molar-refractivity contribution in [2.24, 2.45) is 11.8 Å². The lowest BCUT2D eigenvalue weighted by atomic mass is 9.89. The zero-order valence-electron chi connectivity index (χ0n) is 18.0. The number of rotatable bonds is 10. The SMILES string of the molecule is COC(=O)CC(CC(COCc1ccccc1)C(C)C)NC(=O)OC(C)(C)C. The second-order valence-electron chi connectivity index (χ2n) is 8.36. The number of nitrogens with one attached hydrogen (secondary N) is 1. The lowest BCUT2D eigenvalue weighted by Gasteiger charge is -2.28. The molecule has 0 aliphatic heterocycles. The zero-order valence-corrected chi connectivity index (χ0v) is 18.0. The number of hydrogen-bond acceptors (Lipinski definition) is 5. The molecule has 0 spiro atoms. The van der Waals surface area contributed by atoms with E-state index < -0.39 is 11.7 Å². The molecule has 6 heteroatoms. The molecule has 1 aromatic carbocycles. The van der Waals surface area contributed by atoms with Gasteiger partial charge in [0.1, 0.15) is 5.60 Å². The van der Waals surface area contributed by atoms with Crippen molar-refractivity contribution >= 4 is 12.1 Å². The van der Waals surface area contributed by atoms with Crippen LogP contribution >= 0.6 is 0 Å². The Balaban J connectivity index is 2.68. The van der Waals surface area contributed by atoms with E-state index in [1.807, 2.05) is 30.3 Å². The van der Waals surface area contributed by atoms with Gasteiger partial charge in [0.15, 0.2) is 0 Å². The number of ether oxygens (including phenoxy) is 3. The lowest BCUT2D eigenvalue weighted by Crippen LogP contribution is -2.42. The average molecular weight is 394 g/mol. The van der Waals surface area contributed by atoms with Gasteiger partial charge in [-0.1, -0.05) is 44.2 Å². The third kappa shape index (κ3) is 10.3. The Hall–Kier alpha value is -2.08. The van der Waals surface area contributed by atoms with Crippen molar-refractivity contribution in [2.75, 3.05) is 13.7 Å². The van der Waals surface area contributed by atoms with Gasteiger partial charge in [0, 0.05) is 6.04 Å². The molecule has 0 bridgehead atoms. The van der Waals surface area contributed by atoms with Gasteiger partial charge in [0.05, 0.1) is 26.7 Å². The van der Waals surface area contributed by atoms with Crippen molar-refractivity contribution in [3.8, 4) is 0 Å². The van der Waals surface area contributed by atoms with Crippen molar-refractivity contribution in [3.05, 3.63) is 35.9 Å². The van der Waals surface area contributed by atoms with Crippen LogP contribution in [-0.4, -0.2) is 37.4 Å². The number of esters is 1. The quantitative estimate of drug-likeness (QED) is 0.599. The van der Waals surface area contributed by atoms with Crippen molar-refractivity contribution in [3.63, 3.8) is 0 Å². The van der Waals surface area contributed by atoms with Gasteiger partial charge in [-0.05, 0) is 44.6 Å². The fourth-order valence-electron chi connectivity index (χ4n) is 2.75. The first-order chi connectivity index (χ1) is 13.1. The van der Waals surface area contributed by atoms with Gasteiger partial charge in [-0.3, -0.25) is 4.79 Å². The molecular weight excluding hydrogens is 358 g/mol. The first-order valence-electron chi connectivity index (χ1n) is 9.78. The van der Waals surface area contributed by atoms with E-state index in [1.54, 1.807) is 20.8 Å². The summed E-state index contributed by atoms with van der Waals surface area (Å²) in [7, 11) is 1.34. The normalized spacial score (nSPS) is 13.7. The maximum Gasteiger partial charge on any atom is 0.407 e. The summed E-state index contributed by atoms with van der Waals surface area (Å²) >= 11 is 0. The largest absolute Gasteiger partial charge is 0.469 e. The van der Waals surface area contributed by atoms with Crippen LogP contribution in [0.15, 0.2) is 30.3 Å². The minimum absolute atomic E-state index is 0.0949. The molecule has 1 N–H and O–H groups in total. The Labute approximate surface area is 168 Å². The summed E-state index contributed by atoms with van der Waals surface area (Å²) in [5.41, 5.74) is 0.513. The Bertz CT molecular complexity index is 595. The van der Waals surface area contributed by atoms with Crippen LogP contribution in [0.3, 0.4) is 0 Å². The van der Waals surface area contributed by atoms with E-state index in [0.29, 0.717) is 25.6 Å². The zero-order chi connectivity index (χ0) is 21.2. The number of carbonyl (C=O) groups is 2. The third-order valence-corrected chi connectivity index (χ3v) is 4.34. The number of alkyl carbamates (subject to hydrolysis) is 1. The smallest absolute Gasteiger partial charge is 0.407 e. The molecule has 0 fully saturated rings. The number of hydrogen-bond donors (Lipinski definition) is 1. The highest BCUT2D eigenvalue weighted by Gasteiger charge is 2.26. The average Bonchev–Trinajstić information content (AvgIpc) is 2.59. The summed E-state index contributed by atoms with van der Waals surface area (Å²) in [6, 6.07) is 9.60. The molecule has 0 aliphatic carbocycles. The Morgan fingerprint density at radius 2 is 1.75 bits per heavy atom. The molecule has 1 aromatic rings. The third-order valence-electron chi connectivity index (χ3n) is 4.34. The minimum atomic E-state index is -0.601. The second-order valence-corrected chi connectivity index (χ2v) is 8.36. The summed E-state index contributed by atoms with van der Waals surface area (Å²) in [6.07, 6.45) is 0.160. The Morgan fingerprint density at radius 1 is 1.11 bits per heavy atom. The van der Waals surface area contributed by atoms with Crippen LogP contribution in [0.1, 0.15) is 53.0 Å². The molecule has 0 radical (unpaired) electrons. The van der Waals surface area contributed by atoms with Gasteiger partial charge < -0.3 is 19.5 Å². The summed E-state index contributed by atoms with van der Waals surface area (Å²) in [5, 5.41) is 2.81. The number of carbonyl (C=O) groups excluding carboxylic acids is 2. The maximum absolute atomic E-state index is 12.2. The van der Waals surface area contributed by atoms with Gasteiger partial charge in [-0.2, -0.15) is 0 Å². The predicted molar refractivity (Wildman–Crippen MR) is 109 cm³/mol. The van der Waals surface area contributed by atoms with Crippen molar-refractivity contribution < 1.29 is 23.8 Å². The molecule has 0 aliphatic rings. The second kappa shape index (κ2) is 11.7.